The van der Waals surface area contributed by atoms with E-state index in [9.17, 15) is 0 Å². The number of hydrazine groups is 1. The third-order valence-electron chi connectivity index (χ3n) is 2.65. The van der Waals surface area contributed by atoms with Gasteiger partial charge in [0, 0.05) is 12.4 Å². The molecule has 1 heterocycles. The fraction of sp³-hybridized carbons (Fsp3) is 0.308. The second-order valence-corrected chi connectivity index (χ2v) is 3.99. The average Bonchev–Trinajstić information content (AvgIpc) is 2.93. The minimum Gasteiger partial charge on any atom is -0.494 e. The van der Waals surface area contributed by atoms with Crippen molar-refractivity contribution < 1.29 is 4.74 Å². The molecule has 0 aliphatic carbocycles. The van der Waals surface area contributed by atoms with Gasteiger partial charge in [-0.1, -0.05) is 19.1 Å². The van der Waals surface area contributed by atoms with E-state index in [0.717, 1.165) is 30.2 Å². The van der Waals surface area contributed by atoms with Gasteiger partial charge in [0.1, 0.15) is 17.6 Å². The first-order valence-electron chi connectivity index (χ1n) is 6.03. The molecule has 5 heteroatoms. The third kappa shape index (κ3) is 2.88. The highest BCUT2D eigenvalue weighted by Gasteiger charge is 2.14. The Morgan fingerprint density at radius 3 is 2.72 bits per heavy atom. The molecule has 1 unspecified atom stereocenters. The van der Waals surface area contributed by atoms with E-state index in [1.807, 2.05) is 24.3 Å². The minimum absolute atomic E-state index is 0.139. The molecule has 1 aromatic carbocycles. The molecule has 2 rings (SSSR count). The van der Waals surface area contributed by atoms with Gasteiger partial charge in [0.25, 0.3) is 0 Å². The Hall–Kier alpha value is -1.85. The van der Waals surface area contributed by atoms with Crippen molar-refractivity contribution in [1.82, 2.24) is 15.4 Å². The Balaban J connectivity index is 2.12. The van der Waals surface area contributed by atoms with Crippen LogP contribution in [0.3, 0.4) is 0 Å². The Bertz CT molecular complexity index is 452. The van der Waals surface area contributed by atoms with Gasteiger partial charge in [0.05, 0.1) is 6.61 Å². The summed E-state index contributed by atoms with van der Waals surface area (Å²) in [5, 5.41) is 0. The zero-order valence-electron chi connectivity index (χ0n) is 10.4. The summed E-state index contributed by atoms with van der Waals surface area (Å²) < 4.78 is 5.54. The molecule has 2 aromatic rings. The number of hydrogen-bond acceptors (Lipinski definition) is 4. The van der Waals surface area contributed by atoms with Crippen LogP contribution in [0, 0.1) is 0 Å². The van der Waals surface area contributed by atoms with Gasteiger partial charge in [0.15, 0.2) is 0 Å². The molecule has 0 saturated heterocycles. The van der Waals surface area contributed by atoms with Gasteiger partial charge in [-0.3, -0.25) is 5.84 Å². The lowest BCUT2D eigenvalue weighted by Crippen LogP contribution is -2.29. The third-order valence-corrected chi connectivity index (χ3v) is 2.65. The molecule has 5 nitrogen and oxygen atoms in total. The number of H-pyrrole nitrogens is 1. The molecule has 0 spiro atoms. The lowest BCUT2D eigenvalue weighted by Gasteiger charge is -2.14. The summed E-state index contributed by atoms with van der Waals surface area (Å²) in [4.78, 5) is 7.26. The highest BCUT2D eigenvalue weighted by Crippen LogP contribution is 2.21. The first-order valence-corrected chi connectivity index (χ1v) is 6.03. The van der Waals surface area contributed by atoms with Crippen LogP contribution in [-0.2, 0) is 0 Å². The molecule has 0 saturated carbocycles. The summed E-state index contributed by atoms with van der Waals surface area (Å²) in [5.41, 5.74) is 3.79. The summed E-state index contributed by atoms with van der Waals surface area (Å²) in [5.74, 6) is 7.24. The lowest BCUT2D eigenvalue weighted by atomic mass is 10.1. The van der Waals surface area contributed by atoms with Gasteiger partial charge in [-0.25, -0.2) is 10.4 Å². The van der Waals surface area contributed by atoms with Crippen molar-refractivity contribution >= 4 is 0 Å². The van der Waals surface area contributed by atoms with E-state index >= 15 is 0 Å². The highest BCUT2D eigenvalue weighted by molar-refractivity contribution is 5.31. The van der Waals surface area contributed by atoms with Crippen molar-refractivity contribution in [3.05, 3.63) is 48.0 Å². The van der Waals surface area contributed by atoms with Gasteiger partial charge in [-0.15, -0.1) is 0 Å². The van der Waals surface area contributed by atoms with Crippen molar-refractivity contribution in [2.45, 2.75) is 19.4 Å². The van der Waals surface area contributed by atoms with Crippen molar-refractivity contribution in [3.63, 3.8) is 0 Å². The van der Waals surface area contributed by atoms with Gasteiger partial charge < -0.3 is 9.72 Å². The van der Waals surface area contributed by atoms with Crippen LogP contribution in [0.5, 0.6) is 5.75 Å². The largest absolute Gasteiger partial charge is 0.494 e. The fourth-order valence-electron chi connectivity index (χ4n) is 1.74. The Morgan fingerprint density at radius 1 is 1.39 bits per heavy atom. The standard InChI is InChI=1S/C13H18N4O/c1-2-9-18-11-5-3-10(4-6-11)12(17-14)13-15-7-8-16-13/h3-8,12,17H,2,9,14H2,1H3,(H,15,16). The van der Waals surface area contributed by atoms with Crippen LogP contribution in [0.15, 0.2) is 36.7 Å². The molecule has 0 amide bonds. The Labute approximate surface area is 106 Å². The molecule has 0 bridgehead atoms. The fourth-order valence-corrected chi connectivity index (χ4v) is 1.74. The topological polar surface area (TPSA) is 76.0 Å². The van der Waals surface area contributed by atoms with Crippen LogP contribution in [0.4, 0.5) is 0 Å². The molecule has 0 aliphatic heterocycles. The maximum absolute atomic E-state index is 5.57. The van der Waals surface area contributed by atoms with Crippen LogP contribution < -0.4 is 16.0 Å². The highest BCUT2D eigenvalue weighted by atomic mass is 16.5. The van der Waals surface area contributed by atoms with Crippen molar-refractivity contribution in [2.75, 3.05) is 6.61 Å². The molecule has 18 heavy (non-hydrogen) atoms. The summed E-state index contributed by atoms with van der Waals surface area (Å²) >= 11 is 0. The molecular formula is C13H18N4O. The van der Waals surface area contributed by atoms with Crippen LogP contribution in [0.1, 0.15) is 30.8 Å². The quantitative estimate of drug-likeness (QED) is 0.536. The van der Waals surface area contributed by atoms with Crippen molar-refractivity contribution in [1.29, 1.82) is 0 Å². The number of nitrogens with one attached hydrogen (secondary N) is 2. The predicted molar refractivity (Wildman–Crippen MR) is 70.0 cm³/mol. The van der Waals surface area contributed by atoms with E-state index in [-0.39, 0.29) is 6.04 Å². The van der Waals surface area contributed by atoms with Crippen molar-refractivity contribution in [2.24, 2.45) is 5.84 Å². The molecule has 0 fully saturated rings. The number of aromatic amines is 1. The number of rotatable bonds is 6. The van der Waals surface area contributed by atoms with Crippen LogP contribution >= 0.6 is 0 Å². The average molecular weight is 246 g/mol. The first-order chi connectivity index (χ1) is 8.85. The van der Waals surface area contributed by atoms with Crippen molar-refractivity contribution in [3.8, 4) is 5.75 Å². The smallest absolute Gasteiger partial charge is 0.129 e. The van der Waals surface area contributed by atoms with E-state index in [1.165, 1.54) is 0 Å². The van der Waals surface area contributed by atoms with E-state index in [0.29, 0.717) is 0 Å². The molecular weight excluding hydrogens is 228 g/mol. The molecule has 96 valence electrons. The number of aromatic nitrogens is 2. The van der Waals surface area contributed by atoms with Gasteiger partial charge in [-0.05, 0) is 24.1 Å². The van der Waals surface area contributed by atoms with E-state index in [2.05, 4.69) is 22.3 Å². The maximum atomic E-state index is 5.57. The summed E-state index contributed by atoms with van der Waals surface area (Å²) in [6, 6.07) is 7.72. The Kier molecular flexibility index (Phi) is 4.33. The minimum atomic E-state index is -0.139. The summed E-state index contributed by atoms with van der Waals surface area (Å²) in [6.07, 6.45) is 4.48. The molecule has 4 N–H and O–H groups in total. The van der Waals surface area contributed by atoms with E-state index in [1.54, 1.807) is 12.4 Å². The zero-order valence-corrected chi connectivity index (χ0v) is 10.4. The predicted octanol–water partition coefficient (Wildman–Crippen LogP) is 1.75. The van der Waals surface area contributed by atoms with E-state index in [4.69, 9.17) is 10.6 Å². The van der Waals surface area contributed by atoms with Gasteiger partial charge in [-0.2, -0.15) is 0 Å². The maximum Gasteiger partial charge on any atom is 0.129 e. The number of ether oxygens (including phenoxy) is 1. The number of nitrogens with two attached hydrogens (primary N) is 1. The number of nitrogens with zero attached hydrogens (tertiary/aromatic N) is 1. The number of hydrogen-bond donors (Lipinski definition) is 3. The van der Waals surface area contributed by atoms with Gasteiger partial charge in [0.2, 0.25) is 0 Å². The SMILES string of the molecule is CCCOc1ccc(C(NN)c2ncc[nH]2)cc1. The number of benzene rings is 1. The molecule has 0 aliphatic rings. The molecule has 0 radical (unpaired) electrons. The van der Waals surface area contributed by atoms with Crippen LogP contribution in [-0.4, -0.2) is 16.6 Å². The summed E-state index contributed by atoms with van der Waals surface area (Å²) in [6.45, 7) is 2.82. The van der Waals surface area contributed by atoms with Gasteiger partial charge >= 0.3 is 0 Å². The Morgan fingerprint density at radius 2 is 2.17 bits per heavy atom. The zero-order chi connectivity index (χ0) is 12.8. The summed E-state index contributed by atoms with van der Waals surface area (Å²) in [7, 11) is 0. The van der Waals surface area contributed by atoms with Crippen LogP contribution in [0.2, 0.25) is 0 Å². The normalized spacial score (nSPS) is 12.3. The van der Waals surface area contributed by atoms with Crippen LogP contribution in [0.25, 0.3) is 0 Å². The molecule has 1 aromatic heterocycles. The number of imidazole rings is 1. The second kappa shape index (κ2) is 6.18. The van der Waals surface area contributed by atoms with E-state index < -0.39 is 0 Å². The second-order valence-electron chi connectivity index (χ2n) is 3.99. The monoisotopic (exact) mass is 246 g/mol. The first kappa shape index (κ1) is 12.6. The lowest BCUT2D eigenvalue weighted by molar-refractivity contribution is 0.317. The molecule has 1 atom stereocenters.